The van der Waals surface area contributed by atoms with Gasteiger partial charge in [0.2, 0.25) is 5.91 Å². The number of hydrogen-bond donors (Lipinski definition) is 2. The lowest BCUT2D eigenvalue weighted by molar-refractivity contribution is -0.115. The fourth-order valence-corrected chi connectivity index (χ4v) is 1.54. The van der Waals surface area contributed by atoms with E-state index < -0.39 is 11.8 Å². The molecule has 0 atom stereocenters. The Kier molecular flexibility index (Phi) is 4.14. The molecule has 0 fully saturated rings. The van der Waals surface area contributed by atoms with Gasteiger partial charge in [0.15, 0.2) is 5.76 Å². The first-order chi connectivity index (χ1) is 9.70. The predicted octanol–water partition coefficient (Wildman–Crippen LogP) is 1.52. The number of anilines is 1. The first-order valence-corrected chi connectivity index (χ1v) is 5.81. The van der Waals surface area contributed by atoms with Gasteiger partial charge in [-0.3, -0.25) is 9.59 Å². The molecule has 1 heterocycles. The van der Waals surface area contributed by atoms with Crippen LogP contribution in [-0.2, 0) is 4.79 Å². The number of carbonyl (C=O) groups excluding carboxylic acids is 2. The Morgan fingerprint density at radius 2 is 2.00 bits per heavy atom. The molecule has 2 amide bonds. The predicted molar refractivity (Wildman–Crippen MR) is 70.8 cm³/mol. The summed E-state index contributed by atoms with van der Waals surface area (Å²) in [4.78, 5) is 23.2. The summed E-state index contributed by atoms with van der Waals surface area (Å²) in [7, 11) is 0. The maximum Gasteiger partial charge on any atom is 0.287 e. The van der Waals surface area contributed by atoms with Crippen molar-refractivity contribution in [3.8, 4) is 6.07 Å². The van der Waals surface area contributed by atoms with E-state index in [0.717, 1.165) is 0 Å². The number of furan rings is 1. The van der Waals surface area contributed by atoms with Crippen LogP contribution in [0.3, 0.4) is 0 Å². The fraction of sp³-hybridized carbons (Fsp3) is 0.0714. The van der Waals surface area contributed by atoms with Crippen LogP contribution >= 0.6 is 0 Å². The second-order valence-corrected chi connectivity index (χ2v) is 3.87. The molecular formula is C14H11N3O3. The number of nitriles is 1. The van der Waals surface area contributed by atoms with E-state index in [1.165, 1.54) is 12.3 Å². The average Bonchev–Trinajstić information content (AvgIpc) is 2.99. The Bertz CT molecular complexity index is 657. The number of benzene rings is 1. The van der Waals surface area contributed by atoms with Crippen molar-refractivity contribution in [2.45, 2.75) is 0 Å². The summed E-state index contributed by atoms with van der Waals surface area (Å²) in [5.41, 5.74) is 0.769. The molecule has 2 rings (SSSR count). The lowest BCUT2D eigenvalue weighted by Gasteiger charge is -2.07. The van der Waals surface area contributed by atoms with Crippen LogP contribution in [0, 0.1) is 11.3 Å². The first-order valence-electron chi connectivity index (χ1n) is 5.81. The Labute approximate surface area is 115 Å². The van der Waals surface area contributed by atoms with E-state index in [4.69, 9.17) is 9.68 Å². The number of para-hydroxylation sites is 1. The molecule has 0 aliphatic rings. The van der Waals surface area contributed by atoms with Gasteiger partial charge in [0.25, 0.3) is 5.91 Å². The van der Waals surface area contributed by atoms with E-state index in [1.54, 1.807) is 30.3 Å². The van der Waals surface area contributed by atoms with Gasteiger partial charge in [0.05, 0.1) is 24.1 Å². The van der Waals surface area contributed by atoms with Gasteiger partial charge in [-0.15, -0.1) is 0 Å². The van der Waals surface area contributed by atoms with Crippen molar-refractivity contribution in [3.05, 3.63) is 54.0 Å². The van der Waals surface area contributed by atoms with Gasteiger partial charge >= 0.3 is 0 Å². The van der Waals surface area contributed by atoms with Gasteiger partial charge in [-0.05, 0) is 24.3 Å². The summed E-state index contributed by atoms with van der Waals surface area (Å²) in [6.45, 7) is -0.209. The molecule has 0 unspecified atom stereocenters. The molecule has 6 nitrogen and oxygen atoms in total. The number of amides is 2. The van der Waals surface area contributed by atoms with Crippen LogP contribution in [0.5, 0.6) is 0 Å². The van der Waals surface area contributed by atoms with Gasteiger partial charge in [0.1, 0.15) is 6.07 Å². The van der Waals surface area contributed by atoms with Crippen LogP contribution in [0.4, 0.5) is 5.69 Å². The molecule has 0 saturated heterocycles. The van der Waals surface area contributed by atoms with Gasteiger partial charge in [-0.1, -0.05) is 12.1 Å². The Hall–Kier alpha value is -3.07. The third-order valence-corrected chi connectivity index (χ3v) is 2.48. The van der Waals surface area contributed by atoms with Crippen molar-refractivity contribution in [1.29, 1.82) is 5.26 Å². The topological polar surface area (TPSA) is 95.1 Å². The highest BCUT2D eigenvalue weighted by atomic mass is 16.3. The number of carbonyl (C=O) groups is 2. The van der Waals surface area contributed by atoms with E-state index in [1.807, 2.05) is 6.07 Å². The van der Waals surface area contributed by atoms with Gasteiger partial charge in [-0.25, -0.2) is 0 Å². The smallest absolute Gasteiger partial charge is 0.287 e. The van der Waals surface area contributed by atoms with E-state index in [0.29, 0.717) is 11.3 Å². The molecule has 1 aromatic heterocycles. The molecule has 0 spiro atoms. The van der Waals surface area contributed by atoms with Gasteiger partial charge in [-0.2, -0.15) is 5.26 Å². The van der Waals surface area contributed by atoms with E-state index in [9.17, 15) is 9.59 Å². The maximum absolute atomic E-state index is 11.7. The minimum Gasteiger partial charge on any atom is -0.459 e. The van der Waals surface area contributed by atoms with Gasteiger partial charge in [0, 0.05) is 0 Å². The molecule has 0 aliphatic heterocycles. The zero-order chi connectivity index (χ0) is 14.4. The third-order valence-electron chi connectivity index (χ3n) is 2.48. The minimum atomic E-state index is -0.473. The van der Waals surface area contributed by atoms with Crippen LogP contribution in [-0.4, -0.2) is 18.4 Å². The Morgan fingerprint density at radius 3 is 2.70 bits per heavy atom. The molecule has 2 N–H and O–H groups in total. The number of nitrogens with one attached hydrogen (secondary N) is 2. The molecule has 100 valence electrons. The standard InChI is InChI=1S/C14H11N3O3/c15-8-10-4-1-2-5-11(10)17-13(18)9-16-14(19)12-6-3-7-20-12/h1-7H,9H2,(H,16,19)(H,17,18). The van der Waals surface area contributed by atoms with Crippen molar-refractivity contribution < 1.29 is 14.0 Å². The van der Waals surface area contributed by atoms with Crippen molar-refractivity contribution in [2.75, 3.05) is 11.9 Å². The fourth-order valence-electron chi connectivity index (χ4n) is 1.54. The van der Waals surface area contributed by atoms with Crippen molar-refractivity contribution in [3.63, 3.8) is 0 Å². The minimum absolute atomic E-state index is 0.134. The zero-order valence-corrected chi connectivity index (χ0v) is 10.4. The molecule has 0 radical (unpaired) electrons. The summed E-state index contributed by atoms with van der Waals surface area (Å²) in [5.74, 6) is -0.762. The summed E-state index contributed by atoms with van der Waals surface area (Å²) in [6, 6.07) is 11.7. The van der Waals surface area contributed by atoms with E-state index in [-0.39, 0.29) is 12.3 Å². The first kappa shape index (κ1) is 13.4. The second kappa shape index (κ2) is 6.20. The molecule has 0 bridgehead atoms. The molecule has 2 aromatic rings. The van der Waals surface area contributed by atoms with Crippen LogP contribution in [0.15, 0.2) is 47.1 Å². The molecule has 0 saturated carbocycles. The van der Waals surface area contributed by atoms with Gasteiger partial charge < -0.3 is 15.1 Å². The van der Waals surface area contributed by atoms with Crippen LogP contribution < -0.4 is 10.6 Å². The highest BCUT2D eigenvalue weighted by Gasteiger charge is 2.11. The Morgan fingerprint density at radius 1 is 1.20 bits per heavy atom. The molecular weight excluding hydrogens is 258 g/mol. The summed E-state index contributed by atoms with van der Waals surface area (Å²) < 4.78 is 4.90. The van der Waals surface area contributed by atoms with Crippen LogP contribution in [0.25, 0.3) is 0 Å². The largest absolute Gasteiger partial charge is 0.459 e. The molecule has 0 aliphatic carbocycles. The highest BCUT2D eigenvalue weighted by molar-refractivity contribution is 5.98. The lowest BCUT2D eigenvalue weighted by atomic mass is 10.2. The van der Waals surface area contributed by atoms with E-state index in [2.05, 4.69) is 10.6 Å². The van der Waals surface area contributed by atoms with Crippen molar-refractivity contribution in [2.24, 2.45) is 0 Å². The third kappa shape index (κ3) is 3.23. The SMILES string of the molecule is N#Cc1ccccc1NC(=O)CNC(=O)c1ccco1. The normalized spacial score (nSPS) is 9.55. The lowest BCUT2D eigenvalue weighted by Crippen LogP contribution is -2.32. The average molecular weight is 269 g/mol. The molecule has 20 heavy (non-hydrogen) atoms. The quantitative estimate of drug-likeness (QED) is 0.879. The number of hydrogen-bond acceptors (Lipinski definition) is 4. The number of nitrogens with zero attached hydrogens (tertiary/aromatic N) is 1. The summed E-state index contributed by atoms with van der Waals surface area (Å²) >= 11 is 0. The molecule has 6 heteroatoms. The monoisotopic (exact) mass is 269 g/mol. The Balaban J connectivity index is 1.90. The van der Waals surface area contributed by atoms with Crippen molar-refractivity contribution in [1.82, 2.24) is 5.32 Å². The highest BCUT2D eigenvalue weighted by Crippen LogP contribution is 2.12. The van der Waals surface area contributed by atoms with Crippen LogP contribution in [0.1, 0.15) is 16.1 Å². The second-order valence-electron chi connectivity index (χ2n) is 3.87. The number of rotatable bonds is 4. The zero-order valence-electron chi connectivity index (χ0n) is 10.4. The summed E-state index contributed by atoms with van der Waals surface area (Å²) in [6.07, 6.45) is 1.37. The van der Waals surface area contributed by atoms with Crippen LogP contribution in [0.2, 0.25) is 0 Å². The van der Waals surface area contributed by atoms with E-state index >= 15 is 0 Å². The van der Waals surface area contributed by atoms with Crippen molar-refractivity contribution >= 4 is 17.5 Å². The summed E-state index contributed by atoms with van der Waals surface area (Å²) in [5, 5.41) is 13.9. The maximum atomic E-state index is 11.7. The molecule has 1 aromatic carbocycles.